The molecule has 6 heterocycles. The van der Waals surface area contributed by atoms with Crippen LogP contribution in [-0.4, -0.2) is 29.3 Å². The van der Waals surface area contributed by atoms with E-state index in [0.29, 0.717) is 0 Å². The van der Waals surface area contributed by atoms with E-state index >= 15 is 4.39 Å². The van der Waals surface area contributed by atoms with Crippen molar-refractivity contribution in [3.05, 3.63) is 161 Å². The van der Waals surface area contributed by atoms with Crippen LogP contribution in [0.5, 0.6) is 0 Å². The standard InChI is InChI=1S/C72H74B3FN2/c1-67(2,3)40-21-25-42(26-22-40)73-49-35-31-45(69(7,8)9)54-56-47(71(13,14)15)33-37-51-63(56)77(61(49)54)65-58(73)53(39-19-29-44(76)30-20-39)59-66-60(65)75(51)52-38-34-48(72(16,17)18)57-55-46(70(10,11)12)32-36-50(62(55)78(66)64(52)57)74(59)43-27-23-41(24-28-43)68(4,5)6/h19-38H,1-18H3. The topological polar surface area (TPSA) is 9.86 Å². The number of fused-ring (bicyclic) bond motifs is 4. The summed E-state index contributed by atoms with van der Waals surface area (Å²) < 4.78 is 21.4. The van der Waals surface area contributed by atoms with E-state index in [0.717, 1.165) is 5.56 Å². The first-order valence-corrected chi connectivity index (χ1v) is 29.0. The Bertz CT molecular complexity index is 4040. The lowest BCUT2D eigenvalue weighted by Crippen LogP contribution is -2.70. The molecule has 10 aromatic rings. The lowest BCUT2D eigenvalue weighted by Gasteiger charge is -2.44. The monoisotopic (exact) mass is 1020 g/mol. The molecule has 0 bridgehead atoms. The van der Waals surface area contributed by atoms with E-state index in [2.05, 4.69) is 243 Å². The highest BCUT2D eigenvalue weighted by atomic mass is 19.1. The van der Waals surface area contributed by atoms with Gasteiger partial charge < -0.3 is 9.13 Å². The smallest absolute Gasteiger partial charge is 0.252 e. The molecule has 4 aliphatic rings. The maximum atomic E-state index is 15.8. The van der Waals surface area contributed by atoms with Crippen molar-refractivity contribution in [3.8, 4) is 22.5 Å². The number of benzene rings is 8. The molecule has 388 valence electrons. The zero-order valence-corrected chi connectivity index (χ0v) is 49.6. The van der Waals surface area contributed by atoms with Crippen LogP contribution in [0.15, 0.2) is 121 Å². The molecule has 8 aromatic carbocycles. The van der Waals surface area contributed by atoms with Gasteiger partial charge in [0.1, 0.15) is 5.82 Å². The Labute approximate surface area is 464 Å². The number of halogens is 1. The quantitative estimate of drug-likeness (QED) is 0.156. The summed E-state index contributed by atoms with van der Waals surface area (Å²) in [6.45, 7) is 42.4. The lowest BCUT2D eigenvalue weighted by atomic mass is 9.26. The van der Waals surface area contributed by atoms with Crippen molar-refractivity contribution >= 4 is 113 Å². The van der Waals surface area contributed by atoms with Gasteiger partial charge in [-0.15, -0.1) is 0 Å². The molecule has 2 aromatic heterocycles. The zero-order valence-electron chi connectivity index (χ0n) is 49.6. The van der Waals surface area contributed by atoms with Crippen LogP contribution in [0, 0.1) is 5.82 Å². The number of hydrogen-bond donors (Lipinski definition) is 0. The highest BCUT2D eigenvalue weighted by Crippen LogP contribution is 2.49. The van der Waals surface area contributed by atoms with Crippen LogP contribution < -0.4 is 49.2 Å². The average molecular weight is 1020 g/mol. The second-order valence-corrected chi connectivity index (χ2v) is 30.2. The first kappa shape index (κ1) is 49.8. The van der Waals surface area contributed by atoms with Crippen molar-refractivity contribution in [2.75, 3.05) is 0 Å². The van der Waals surface area contributed by atoms with Crippen molar-refractivity contribution in [2.24, 2.45) is 0 Å². The maximum Gasteiger partial charge on any atom is 0.252 e. The van der Waals surface area contributed by atoms with E-state index in [1.165, 1.54) is 143 Å². The number of hydrogen-bond acceptors (Lipinski definition) is 0. The van der Waals surface area contributed by atoms with Crippen molar-refractivity contribution in [1.29, 1.82) is 0 Å². The lowest BCUT2D eigenvalue weighted by molar-refractivity contribution is 0.590. The molecule has 14 rings (SSSR count). The molecule has 0 radical (unpaired) electrons. The predicted molar refractivity (Wildman–Crippen MR) is 340 cm³/mol. The first-order valence-electron chi connectivity index (χ1n) is 29.0. The average Bonchev–Trinajstić information content (AvgIpc) is 1.59. The van der Waals surface area contributed by atoms with E-state index in [4.69, 9.17) is 0 Å². The number of nitrogens with zero attached hydrogens (tertiary/aromatic N) is 2. The molecule has 6 heteroatoms. The van der Waals surface area contributed by atoms with Crippen LogP contribution in [0.2, 0.25) is 0 Å². The van der Waals surface area contributed by atoms with Gasteiger partial charge in [-0.25, -0.2) is 4.39 Å². The number of rotatable bonds is 3. The van der Waals surface area contributed by atoms with Crippen LogP contribution >= 0.6 is 0 Å². The third-order valence-electron chi connectivity index (χ3n) is 18.9. The summed E-state index contributed by atoms with van der Waals surface area (Å²) in [7, 11) is 0. The van der Waals surface area contributed by atoms with Crippen LogP contribution in [0.1, 0.15) is 158 Å². The Kier molecular flexibility index (Phi) is 9.85. The van der Waals surface area contributed by atoms with Gasteiger partial charge >= 0.3 is 0 Å². The summed E-state index contributed by atoms with van der Waals surface area (Å²) in [4.78, 5) is 0. The van der Waals surface area contributed by atoms with E-state index in [1.54, 1.807) is 12.1 Å². The van der Waals surface area contributed by atoms with Crippen molar-refractivity contribution < 1.29 is 4.39 Å². The van der Waals surface area contributed by atoms with Gasteiger partial charge in [-0.2, -0.15) is 0 Å². The molecular formula is C72H74B3FN2. The molecule has 0 spiro atoms. The summed E-state index contributed by atoms with van der Waals surface area (Å²) >= 11 is 0. The molecule has 0 saturated carbocycles. The Morgan fingerprint density at radius 1 is 0.308 bits per heavy atom. The van der Waals surface area contributed by atoms with E-state index < -0.39 is 0 Å². The molecule has 78 heavy (non-hydrogen) atoms. The molecule has 0 saturated heterocycles. The summed E-state index contributed by atoms with van der Waals surface area (Å²) in [5.74, 6) is -0.223. The van der Waals surface area contributed by atoms with Crippen molar-refractivity contribution in [2.45, 2.75) is 157 Å². The third kappa shape index (κ3) is 6.53. The summed E-state index contributed by atoms with van der Waals surface area (Å²) in [6, 6.07) is 47.1. The molecule has 0 aliphatic carbocycles. The molecule has 0 N–H and O–H groups in total. The number of aromatic nitrogens is 2. The largest absolute Gasteiger partial charge is 0.311 e. The summed E-state index contributed by atoms with van der Waals surface area (Å²) in [6.07, 6.45) is 0. The third-order valence-corrected chi connectivity index (χ3v) is 18.9. The van der Waals surface area contributed by atoms with Gasteiger partial charge in [0.25, 0.3) is 6.71 Å². The predicted octanol–water partition coefficient (Wildman–Crippen LogP) is 12.3. The molecule has 0 atom stereocenters. The highest BCUT2D eigenvalue weighted by Gasteiger charge is 2.53. The Hall–Kier alpha value is -6.52. The summed E-state index contributed by atoms with van der Waals surface area (Å²) in [5, 5.41) is 5.57. The van der Waals surface area contributed by atoms with E-state index in [-0.39, 0.29) is 58.4 Å². The first-order chi connectivity index (χ1) is 36.5. The molecule has 4 aliphatic heterocycles. The minimum absolute atomic E-state index is 0.0168. The molecule has 0 unspecified atom stereocenters. The van der Waals surface area contributed by atoms with Crippen molar-refractivity contribution in [1.82, 2.24) is 9.13 Å². The fourth-order valence-corrected chi connectivity index (χ4v) is 15.4. The maximum absolute atomic E-state index is 15.8. The Morgan fingerprint density at radius 2 is 0.603 bits per heavy atom. The highest BCUT2D eigenvalue weighted by molar-refractivity contribution is 7.07. The van der Waals surface area contributed by atoms with Gasteiger partial charge in [-0.3, -0.25) is 0 Å². The zero-order chi connectivity index (χ0) is 55.2. The minimum Gasteiger partial charge on any atom is -0.311 e. The Balaban J connectivity index is 1.31. The van der Waals surface area contributed by atoms with Crippen LogP contribution in [0.4, 0.5) is 4.39 Å². The molecule has 0 amide bonds. The van der Waals surface area contributed by atoms with E-state index in [1.807, 2.05) is 0 Å². The van der Waals surface area contributed by atoms with Gasteiger partial charge in [-0.05, 0) is 127 Å². The molecular weight excluding hydrogens is 944 g/mol. The van der Waals surface area contributed by atoms with Gasteiger partial charge in [-0.1, -0.05) is 245 Å². The van der Waals surface area contributed by atoms with Crippen LogP contribution in [-0.2, 0) is 32.5 Å². The molecule has 2 nitrogen and oxygen atoms in total. The fourth-order valence-electron chi connectivity index (χ4n) is 15.4. The van der Waals surface area contributed by atoms with Gasteiger partial charge in [0, 0.05) is 55.0 Å². The van der Waals surface area contributed by atoms with Gasteiger partial charge in [0.15, 0.2) is 0 Å². The SMILES string of the molecule is CC(C)(C)c1ccc(B2c3c(-c4ccc(F)cc4)c4c5c6c3-n3c7c2ccc(C(C)(C)C)c7c2c(C(C)(C)C)ccc(c23)B6c2ccc(C(C)(C)C)c3c6c(C(C)(C)C)ccc(c6n-5c23)B4c2ccc(C(C)(C)C)cc2)cc1. The van der Waals surface area contributed by atoms with Gasteiger partial charge in [0.05, 0.1) is 0 Å². The summed E-state index contributed by atoms with van der Waals surface area (Å²) in [5.41, 5.74) is 29.9. The normalized spacial score (nSPS) is 14.8. The van der Waals surface area contributed by atoms with Crippen molar-refractivity contribution in [3.63, 3.8) is 0 Å². The fraction of sp³-hybridized carbons (Fsp3) is 0.333. The van der Waals surface area contributed by atoms with Gasteiger partial charge in [0.2, 0.25) is 13.4 Å². The second kappa shape index (κ2) is 15.4. The second-order valence-electron chi connectivity index (χ2n) is 30.2. The minimum atomic E-state index is -0.223. The van der Waals surface area contributed by atoms with E-state index in [9.17, 15) is 0 Å². The molecule has 0 fully saturated rings. The van der Waals surface area contributed by atoms with Crippen LogP contribution in [0.3, 0.4) is 0 Å². The van der Waals surface area contributed by atoms with Crippen LogP contribution in [0.25, 0.3) is 66.1 Å². The Morgan fingerprint density at radius 3 is 0.885 bits per heavy atom.